The molecule has 0 amide bonds. The first-order valence-corrected chi connectivity index (χ1v) is 8.36. The van der Waals surface area contributed by atoms with Crippen molar-refractivity contribution in [1.82, 2.24) is 9.88 Å². The summed E-state index contributed by atoms with van der Waals surface area (Å²) in [6, 6.07) is 14.8. The highest BCUT2D eigenvalue weighted by atomic mass is 19.1. The Morgan fingerprint density at radius 2 is 2.00 bits per heavy atom. The highest BCUT2D eigenvalue weighted by molar-refractivity contribution is 5.80. The maximum absolute atomic E-state index is 15.3. The molecule has 4 rings (SSSR count). The van der Waals surface area contributed by atoms with Crippen LogP contribution in [0.4, 0.5) is 4.39 Å². The number of likely N-dealkylation sites (tertiary alicyclic amines) is 1. The lowest BCUT2D eigenvalue weighted by molar-refractivity contribution is 0.0451. The maximum atomic E-state index is 15.3. The van der Waals surface area contributed by atoms with Crippen molar-refractivity contribution >= 4 is 11.1 Å². The van der Waals surface area contributed by atoms with E-state index >= 15 is 4.39 Å². The van der Waals surface area contributed by atoms with Gasteiger partial charge in [0, 0.05) is 6.54 Å². The first kappa shape index (κ1) is 16.1. The number of fused-ring (bicyclic) bond motifs is 1. The van der Waals surface area contributed by atoms with E-state index in [0.717, 1.165) is 11.1 Å². The van der Waals surface area contributed by atoms with Gasteiger partial charge in [-0.2, -0.15) is 10.5 Å². The Bertz CT molecular complexity index is 1060. The van der Waals surface area contributed by atoms with E-state index in [1.807, 2.05) is 30.5 Å². The zero-order valence-electron chi connectivity index (χ0n) is 13.9. The molecule has 2 aromatic carbocycles. The van der Waals surface area contributed by atoms with Crippen molar-refractivity contribution in [1.29, 1.82) is 10.5 Å². The van der Waals surface area contributed by atoms with E-state index in [1.54, 1.807) is 18.2 Å². The minimum Gasteiger partial charge on any atom is -0.437 e. The van der Waals surface area contributed by atoms with Crippen LogP contribution in [0, 0.1) is 22.8 Å². The Balaban J connectivity index is 1.72. The largest absolute Gasteiger partial charge is 0.437 e. The van der Waals surface area contributed by atoms with Crippen molar-refractivity contribution < 1.29 is 8.81 Å². The van der Waals surface area contributed by atoms with Crippen LogP contribution in [-0.4, -0.2) is 23.0 Å². The molecule has 0 bridgehead atoms. The van der Waals surface area contributed by atoms with Crippen LogP contribution in [0.25, 0.3) is 22.2 Å². The number of rotatable bonds is 2. The Hall–Kier alpha value is -3.38. The summed E-state index contributed by atoms with van der Waals surface area (Å²) in [4.78, 5) is 5.76. The van der Waals surface area contributed by atoms with E-state index in [9.17, 15) is 0 Å². The normalized spacial score (nSPS) is 19.9. The van der Waals surface area contributed by atoms with E-state index in [1.165, 1.54) is 4.90 Å². The van der Waals surface area contributed by atoms with Crippen LogP contribution in [0.15, 0.2) is 46.9 Å². The molecule has 1 atom stereocenters. The van der Waals surface area contributed by atoms with Crippen molar-refractivity contribution in [2.75, 3.05) is 13.1 Å². The first-order valence-electron chi connectivity index (χ1n) is 8.36. The molecule has 26 heavy (non-hydrogen) atoms. The Morgan fingerprint density at radius 1 is 1.15 bits per heavy atom. The third-order valence-electron chi connectivity index (χ3n) is 4.68. The fourth-order valence-electron chi connectivity index (χ4n) is 3.34. The molecule has 128 valence electrons. The molecule has 0 radical (unpaired) electrons. The SMILES string of the molecule is N#Cc1cccc(-c2ccc3oc(C4(F)CCCN(C#N)C4)nc3c2)c1. The fraction of sp³-hybridized carbons (Fsp3) is 0.250. The van der Waals surface area contributed by atoms with E-state index < -0.39 is 5.67 Å². The van der Waals surface area contributed by atoms with Crippen LogP contribution < -0.4 is 0 Å². The van der Waals surface area contributed by atoms with Crippen molar-refractivity contribution in [3.63, 3.8) is 0 Å². The minimum absolute atomic E-state index is 0.0235. The molecule has 6 heteroatoms. The van der Waals surface area contributed by atoms with Crippen molar-refractivity contribution in [2.24, 2.45) is 0 Å². The summed E-state index contributed by atoms with van der Waals surface area (Å²) in [7, 11) is 0. The average Bonchev–Trinajstić information content (AvgIpc) is 3.12. The van der Waals surface area contributed by atoms with Crippen LogP contribution in [0.1, 0.15) is 24.3 Å². The van der Waals surface area contributed by atoms with Gasteiger partial charge in [0.05, 0.1) is 18.2 Å². The summed E-state index contributed by atoms with van der Waals surface area (Å²) >= 11 is 0. The zero-order valence-corrected chi connectivity index (χ0v) is 13.9. The summed E-state index contributed by atoms with van der Waals surface area (Å²) in [6.45, 7) is 0.523. The summed E-state index contributed by atoms with van der Waals surface area (Å²) in [5, 5.41) is 18.1. The second-order valence-corrected chi connectivity index (χ2v) is 6.48. The Morgan fingerprint density at radius 3 is 2.81 bits per heavy atom. The van der Waals surface area contributed by atoms with Gasteiger partial charge in [-0.15, -0.1) is 0 Å². The van der Waals surface area contributed by atoms with Crippen molar-refractivity contribution in [3.8, 4) is 23.4 Å². The molecule has 1 aliphatic rings. The molecular weight excluding hydrogens is 331 g/mol. The number of hydrogen-bond donors (Lipinski definition) is 0. The summed E-state index contributed by atoms with van der Waals surface area (Å²) < 4.78 is 21.0. The number of aromatic nitrogens is 1. The van der Waals surface area contributed by atoms with Gasteiger partial charge in [0.2, 0.25) is 11.6 Å². The molecule has 1 aliphatic heterocycles. The third-order valence-corrected chi connectivity index (χ3v) is 4.68. The van der Waals surface area contributed by atoms with Crippen LogP contribution in [0.2, 0.25) is 0 Å². The van der Waals surface area contributed by atoms with Crippen LogP contribution in [0.3, 0.4) is 0 Å². The molecule has 1 aromatic heterocycles. The number of hydrogen-bond acceptors (Lipinski definition) is 5. The van der Waals surface area contributed by atoms with Gasteiger partial charge in [-0.3, -0.25) is 0 Å². The van der Waals surface area contributed by atoms with Gasteiger partial charge in [-0.25, -0.2) is 9.37 Å². The zero-order chi connectivity index (χ0) is 18.1. The Labute approximate surface area is 149 Å². The molecule has 2 heterocycles. The number of oxazole rings is 1. The summed E-state index contributed by atoms with van der Waals surface area (Å²) in [6.07, 6.45) is 2.87. The average molecular weight is 346 g/mol. The third kappa shape index (κ3) is 2.76. The lowest BCUT2D eigenvalue weighted by Crippen LogP contribution is -2.41. The molecule has 0 aliphatic carbocycles. The topological polar surface area (TPSA) is 76.8 Å². The van der Waals surface area contributed by atoms with Gasteiger partial charge >= 0.3 is 0 Å². The van der Waals surface area contributed by atoms with E-state index in [2.05, 4.69) is 11.1 Å². The number of benzene rings is 2. The molecule has 0 N–H and O–H groups in total. The van der Waals surface area contributed by atoms with Crippen molar-refractivity contribution in [2.45, 2.75) is 18.5 Å². The molecular formula is C20H15FN4O. The summed E-state index contributed by atoms with van der Waals surface area (Å²) in [5.74, 6) is 0.0235. The molecule has 0 spiro atoms. The second kappa shape index (κ2) is 6.16. The number of alkyl halides is 1. The maximum Gasteiger partial charge on any atom is 0.235 e. The lowest BCUT2D eigenvalue weighted by Gasteiger charge is -2.31. The second-order valence-electron chi connectivity index (χ2n) is 6.48. The molecule has 1 fully saturated rings. The Kier molecular flexibility index (Phi) is 3.82. The summed E-state index contributed by atoms with van der Waals surface area (Å²) in [5.41, 5.74) is 1.65. The van der Waals surface area contributed by atoms with Gasteiger partial charge in [-0.05, 0) is 48.2 Å². The smallest absolute Gasteiger partial charge is 0.235 e. The number of piperidine rings is 1. The van der Waals surface area contributed by atoms with Crippen LogP contribution in [0.5, 0.6) is 0 Å². The number of halogens is 1. The van der Waals surface area contributed by atoms with Gasteiger partial charge in [0.25, 0.3) is 0 Å². The highest BCUT2D eigenvalue weighted by Gasteiger charge is 2.41. The van der Waals surface area contributed by atoms with E-state index in [0.29, 0.717) is 29.6 Å². The van der Waals surface area contributed by atoms with E-state index in [-0.39, 0.29) is 18.9 Å². The predicted molar refractivity (Wildman–Crippen MR) is 93.4 cm³/mol. The van der Waals surface area contributed by atoms with Gasteiger partial charge in [0.1, 0.15) is 5.52 Å². The van der Waals surface area contributed by atoms with Gasteiger partial charge in [-0.1, -0.05) is 18.2 Å². The number of nitriles is 2. The molecule has 3 aromatic rings. The number of nitrogens with zero attached hydrogens (tertiary/aromatic N) is 4. The molecule has 5 nitrogen and oxygen atoms in total. The monoisotopic (exact) mass is 346 g/mol. The van der Waals surface area contributed by atoms with E-state index in [4.69, 9.17) is 14.9 Å². The molecule has 0 saturated carbocycles. The van der Waals surface area contributed by atoms with Crippen LogP contribution in [-0.2, 0) is 5.67 Å². The van der Waals surface area contributed by atoms with Gasteiger partial charge in [0.15, 0.2) is 11.8 Å². The highest BCUT2D eigenvalue weighted by Crippen LogP contribution is 2.37. The predicted octanol–water partition coefficient (Wildman–Crippen LogP) is 4.11. The quantitative estimate of drug-likeness (QED) is 0.653. The first-order chi connectivity index (χ1) is 12.6. The van der Waals surface area contributed by atoms with Crippen molar-refractivity contribution in [3.05, 3.63) is 53.9 Å². The fourth-order valence-corrected chi connectivity index (χ4v) is 3.34. The standard InChI is InChI=1S/C20H15FN4O/c21-20(7-2-8-25(12-20)13-23)19-24-17-10-16(5-6-18(17)26-19)15-4-1-3-14(9-15)11-22/h1,3-6,9-10H,2,7-8,12H2. The lowest BCUT2D eigenvalue weighted by atomic mass is 9.95. The van der Waals surface area contributed by atoms with Crippen LogP contribution >= 0.6 is 0 Å². The van der Waals surface area contributed by atoms with Gasteiger partial charge < -0.3 is 9.32 Å². The molecule has 1 saturated heterocycles. The molecule has 1 unspecified atom stereocenters. The minimum atomic E-state index is -1.76.